The molecule has 34 heavy (non-hydrogen) atoms. The van der Waals surface area contributed by atoms with Crippen LogP contribution in [0.15, 0.2) is 65.6 Å². The largest absolute Gasteiger partial charge is 0.493 e. The highest BCUT2D eigenvalue weighted by atomic mass is 32.2. The number of methoxy groups -OCH3 is 2. The number of sulfonamides is 1. The van der Waals surface area contributed by atoms with E-state index in [1.165, 1.54) is 32.4 Å². The van der Waals surface area contributed by atoms with Crippen LogP contribution in [0.5, 0.6) is 23.1 Å². The second kappa shape index (κ2) is 9.40. The maximum Gasteiger partial charge on any atom is 0.262 e. The van der Waals surface area contributed by atoms with E-state index in [4.69, 9.17) is 14.2 Å². The smallest absolute Gasteiger partial charge is 0.262 e. The van der Waals surface area contributed by atoms with Crippen molar-refractivity contribution in [3.05, 3.63) is 72.1 Å². The van der Waals surface area contributed by atoms with Crippen molar-refractivity contribution < 1.29 is 22.6 Å². The molecule has 4 aromatic rings. The van der Waals surface area contributed by atoms with Gasteiger partial charge in [0.2, 0.25) is 5.88 Å². The summed E-state index contributed by atoms with van der Waals surface area (Å²) in [7, 11) is -0.909. The van der Waals surface area contributed by atoms with Gasteiger partial charge in [-0.2, -0.15) is 5.10 Å². The molecule has 0 saturated heterocycles. The molecule has 0 aliphatic rings. The number of ether oxygens (including phenoxy) is 3. The first-order chi connectivity index (χ1) is 16.3. The van der Waals surface area contributed by atoms with Gasteiger partial charge in [0.1, 0.15) is 5.75 Å². The Morgan fingerprint density at radius 3 is 2.18 bits per heavy atom. The molecule has 0 atom stereocenters. The lowest BCUT2D eigenvalue weighted by Crippen LogP contribution is -2.13. The first-order valence-electron chi connectivity index (χ1n) is 10.2. The van der Waals surface area contributed by atoms with Crippen molar-refractivity contribution >= 4 is 15.7 Å². The SMILES string of the molecule is COc1ccc(S(=O)(=O)Nc2ccc(Oc3ccc(-n4nc(C)cc4C)nn3)cc2)cc1OC. The van der Waals surface area contributed by atoms with Crippen molar-refractivity contribution in [2.75, 3.05) is 18.9 Å². The quantitative estimate of drug-likeness (QED) is 0.403. The van der Waals surface area contributed by atoms with Gasteiger partial charge in [0.15, 0.2) is 17.3 Å². The van der Waals surface area contributed by atoms with E-state index in [9.17, 15) is 8.42 Å². The van der Waals surface area contributed by atoms with Crippen LogP contribution in [0.3, 0.4) is 0 Å². The minimum Gasteiger partial charge on any atom is -0.493 e. The van der Waals surface area contributed by atoms with Crippen molar-refractivity contribution in [2.45, 2.75) is 18.7 Å². The zero-order valence-electron chi connectivity index (χ0n) is 19.0. The Hall–Kier alpha value is -4.12. The predicted molar refractivity (Wildman–Crippen MR) is 125 cm³/mol. The summed E-state index contributed by atoms with van der Waals surface area (Å²) in [5, 5.41) is 12.6. The number of rotatable bonds is 8. The second-order valence-corrected chi connectivity index (χ2v) is 9.00. The number of aryl methyl sites for hydroxylation is 2. The highest BCUT2D eigenvalue weighted by Gasteiger charge is 2.17. The fourth-order valence-electron chi connectivity index (χ4n) is 3.25. The third-order valence-electron chi connectivity index (χ3n) is 4.85. The molecule has 4 rings (SSSR count). The molecular formula is C23H23N5O5S. The number of nitrogens with one attached hydrogen (secondary N) is 1. The Bertz CT molecular complexity index is 1400. The predicted octanol–water partition coefficient (Wildman–Crippen LogP) is 3.89. The highest BCUT2D eigenvalue weighted by molar-refractivity contribution is 7.92. The van der Waals surface area contributed by atoms with Crippen LogP contribution in [0.1, 0.15) is 11.4 Å². The van der Waals surface area contributed by atoms with E-state index >= 15 is 0 Å². The molecule has 10 nitrogen and oxygen atoms in total. The van der Waals surface area contributed by atoms with Crippen LogP contribution >= 0.6 is 0 Å². The molecule has 0 fully saturated rings. The molecule has 0 aliphatic heterocycles. The Morgan fingerprint density at radius 1 is 0.853 bits per heavy atom. The summed E-state index contributed by atoms with van der Waals surface area (Å²) in [4.78, 5) is 0.0449. The summed E-state index contributed by atoms with van der Waals surface area (Å²) in [6.45, 7) is 3.85. The fourth-order valence-corrected chi connectivity index (χ4v) is 4.32. The summed E-state index contributed by atoms with van der Waals surface area (Å²) in [6, 6.07) is 16.2. The van der Waals surface area contributed by atoms with Crippen LogP contribution in [0.4, 0.5) is 5.69 Å². The average molecular weight is 482 g/mol. The molecule has 2 aromatic carbocycles. The van der Waals surface area contributed by atoms with Gasteiger partial charge in [-0.05, 0) is 62.4 Å². The molecule has 11 heteroatoms. The minimum atomic E-state index is -3.83. The molecule has 1 N–H and O–H groups in total. The van der Waals surface area contributed by atoms with Gasteiger partial charge in [-0.25, -0.2) is 13.1 Å². The van der Waals surface area contributed by atoms with Gasteiger partial charge >= 0.3 is 0 Å². The molecule has 176 valence electrons. The fraction of sp³-hybridized carbons (Fsp3) is 0.174. The van der Waals surface area contributed by atoms with Gasteiger partial charge in [-0.15, -0.1) is 10.2 Å². The summed E-state index contributed by atoms with van der Waals surface area (Å²) < 4.78 is 45.8. The van der Waals surface area contributed by atoms with Crippen LogP contribution in [0.25, 0.3) is 5.82 Å². The molecule has 0 bridgehead atoms. The molecule has 2 aromatic heterocycles. The highest BCUT2D eigenvalue weighted by Crippen LogP contribution is 2.30. The van der Waals surface area contributed by atoms with Crippen molar-refractivity contribution in [1.29, 1.82) is 0 Å². The lowest BCUT2D eigenvalue weighted by Gasteiger charge is -2.12. The van der Waals surface area contributed by atoms with Crippen LogP contribution in [-0.4, -0.2) is 42.6 Å². The normalized spacial score (nSPS) is 11.2. The number of hydrogen-bond donors (Lipinski definition) is 1. The molecule has 0 amide bonds. The Labute approximate surface area is 197 Å². The third kappa shape index (κ3) is 4.94. The molecule has 0 unspecified atom stereocenters. The van der Waals surface area contributed by atoms with Crippen molar-refractivity contribution in [3.8, 4) is 28.9 Å². The van der Waals surface area contributed by atoms with Gasteiger partial charge in [-0.1, -0.05) is 0 Å². The maximum atomic E-state index is 12.8. The number of anilines is 1. The third-order valence-corrected chi connectivity index (χ3v) is 6.23. The molecule has 0 aliphatic carbocycles. The number of benzene rings is 2. The summed E-state index contributed by atoms with van der Waals surface area (Å²) >= 11 is 0. The monoisotopic (exact) mass is 481 g/mol. The number of nitrogens with zero attached hydrogens (tertiary/aromatic N) is 4. The van der Waals surface area contributed by atoms with Crippen LogP contribution in [0.2, 0.25) is 0 Å². The van der Waals surface area contributed by atoms with E-state index in [-0.39, 0.29) is 4.90 Å². The Kier molecular flexibility index (Phi) is 6.37. The van der Waals surface area contributed by atoms with Gasteiger partial charge in [-0.3, -0.25) is 4.72 Å². The van der Waals surface area contributed by atoms with Crippen LogP contribution < -0.4 is 18.9 Å². The Balaban J connectivity index is 1.44. The van der Waals surface area contributed by atoms with Crippen LogP contribution in [-0.2, 0) is 10.0 Å². The standard InChI is InChI=1S/C23H23N5O5S/c1-15-13-16(2)28(26-15)22-11-12-23(25-24-22)33-18-7-5-17(6-8-18)27-34(29,30)19-9-10-20(31-3)21(14-19)32-4/h5-14,27H,1-4H3. The second-order valence-electron chi connectivity index (χ2n) is 7.32. The van der Waals surface area contributed by atoms with Gasteiger partial charge in [0.25, 0.3) is 10.0 Å². The van der Waals surface area contributed by atoms with Crippen molar-refractivity contribution in [3.63, 3.8) is 0 Å². The van der Waals surface area contributed by atoms with Gasteiger partial charge in [0.05, 0.1) is 24.8 Å². The van der Waals surface area contributed by atoms with E-state index in [2.05, 4.69) is 20.0 Å². The topological polar surface area (TPSA) is 117 Å². The van der Waals surface area contributed by atoms with Crippen LogP contribution in [0, 0.1) is 13.8 Å². The maximum absolute atomic E-state index is 12.8. The Morgan fingerprint density at radius 2 is 1.59 bits per heavy atom. The van der Waals surface area contributed by atoms with E-state index in [1.54, 1.807) is 41.1 Å². The number of hydrogen-bond acceptors (Lipinski definition) is 8. The zero-order valence-corrected chi connectivity index (χ0v) is 19.8. The van der Waals surface area contributed by atoms with Gasteiger partial charge < -0.3 is 14.2 Å². The molecule has 2 heterocycles. The molecule has 0 spiro atoms. The first kappa shape index (κ1) is 23.1. The van der Waals surface area contributed by atoms with E-state index in [1.807, 2.05) is 19.9 Å². The molecule has 0 radical (unpaired) electrons. The van der Waals surface area contributed by atoms with Crippen molar-refractivity contribution in [1.82, 2.24) is 20.0 Å². The lowest BCUT2D eigenvalue weighted by molar-refractivity contribution is 0.354. The average Bonchev–Trinajstić information content (AvgIpc) is 3.17. The van der Waals surface area contributed by atoms with E-state index in [0.717, 1.165) is 11.4 Å². The van der Waals surface area contributed by atoms with E-state index in [0.29, 0.717) is 34.6 Å². The lowest BCUT2D eigenvalue weighted by atomic mass is 10.3. The van der Waals surface area contributed by atoms with Crippen molar-refractivity contribution in [2.24, 2.45) is 0 Å². The molecular weight excluding hydrogens is 458 g/mol. The first-order valence-corrected chi connectivity index (χ1v) is 11.7. The summed E-state index contributed by atoms with van der Waals surface area (Å²) in [6.07, 6.45) is 0. The zero-order chi connectivity index (χ0) is 24.3. The minimum absolute atomic E-state index is 0.0449. The van der Waals surface area contributed by atoms with Gasteiger partial charge in [0, 0.05) is 23.5 Å². The summed E-state index contributed by atoms with van der Waals surface area (Å²) in [5.41, 5.74) is 2.21. The molecule has 0 saturated carbocycles. The summed E-state index contributed by atoms with van der Waals surface area (Å²) in [5.74, 6) is 2.11. The van der Waals surface area contributed by atoms with E-state index < -0.39 is 10.0 Å². The number of aromatic nitrogens is 4.